The van der Waals surface area contributed by atoms with E-state index in [0.29, 0.717) is 17.9 Å². The number of rotatable bonds is 2. The summed E-state index contributed by atoms with van der Waals surface area (Å²) in [6.07, 6.45) is 0.333. The van der Waals surface area contributed by atoms with Gasteiger partial charge in [-0.3, -0.25) is 0 Å². The molecule has 10 heavy (non-hydrogen) atoms. The first-order valence-electron chi connectivity index (χ1n) is 3.86. The minimum absolute atomic E-state index is 0.333. The molecular formula is C8H16O2. The largest absolute Gasteiger partial charge is 0.379 e. The molecule has 0 amide bonds. The highest BCUT2D eigenvalue weighted by Gasteiger charge is 2.30. The van der Waals surface area contributed by atoms with E-state index in [1.165, 1.54) is 0 Å². The normalized spacial score (nSPS) is 33.6. The summed E-state index contributed by atoms with van der Waals surface area (Å²) in [6.45, 7) is 6.08. The zero-order valence-electron chi connectivity index (χ0n) is 6.96. The van der Waals surface area contributed by atoms with E-state index < -0.39 is 0 Å². The summed E-state index contributed by atoms with van der Waals surface area (Å²) in [4.78, 5) is 0. The molecular weight excluding hydrogens is 128 g/mol. The standard InChI is InChI=1S/C8H16O2/c1-6(2)7-4-10-5-8(7)9-3/h6-8H,4-5H2,1-3H3/t7-,8+/m1/s1. The number of ether oxygens (including phenoxy) is 2. The molecule has 0 bridgehead atoms. The molecule has 0 saturated carbocycles. The Kier molecular flexibility index (Phi) is 2.69. The molecule has 0 N–H and O–H groups in total. The van der Waals surface area contributed by atoms with Crippen molar-refractivity contribution in [3.05, 3.63) is 0 Å². The molecule has 1 rings (SSSR count). The van der Waals surface area contributed by atoms with Gasteiger partial charge in [0.15, 0.2) is 0 Å². The molecule has 1 aliphatic heterocycles. The van der Waals surface area contributed by atoms with Crippen molar-refractivity contribution >= 4 is 0 Å². The Balaban J connectivity index is 2.42. The van der Waals surface area contributed by atoms with Crippen LogP contribution >= 0.6 is 0 Å². The maximum atomic E-state index is 5.30. The van der Waals surface area contributed by atoms with Crippen molar-refractivity contribution in [2.24, 2.45) is 11.8 Å². The molecule has 0 aromatic carbocycles. The van der Waals surface area contributed by atoms with Gasteiger partial charge in [0.2, 0.25) is 0 Å². The third-order valence-corrected chi connectivity index (χ3v) is 2.23. The third-order valence-electron chi connectivity index (χ3n) is 2.23. The Hall–Kier alpha value is -0.0800. The van der Waals surface area contributed by atoms with Gasteiger partial charge in [0.05, 0.1) is 19.3 Å². The molecule has 0 spiro atoms. The first kappa shape index (κ1) is 8.02. The summed E-state index contributed by atoms with van der Waals surface area (Å²) in [7, 11) is 1.76. The van der Waals surface area contributed by atoms with Crippen molar-refractivity contribution in [3.63, 3.8) is 0 Å². The molecule has 2 nitrogen and oxygen atoms in total. The van der Waals surface area contributed by atoms with Crippen LogP contribution in [-0.4, -0.2) is 26.4 Å². The molecule has 0 radical (unpaired) electrons. The highest BCUT2D eigenvalue weighted by Crippen LogP contribution is 2.23. The second-order valence-electron chi connectivity index (χ2n) is 3.22. The van der Waals surface area contributed by atoms with Crippen LogP contribution in [0.15, 0.2) is 0 Å². The topological polar surface area (TPSA) is 18.5 Å². The monoisotopic (exact) mass is 144 g/mol. The van der Waals surface area contributed by atoms with Crippen LogP contribution in [0.25, 0.3) is 0 Å². The summed E-state index contributed by atoms with van der Waals surface area (Å²) in [5.74, 6) is 1.28. The molecule has 0 aliphatic carbocycles. The lowest BCUT2D eigenvalue weighted by Crippen LogP contribution is -2.24. The molecule has 2 heteroatoms. The van der Waals surface area contributed by atoms with Crippen LogP contribution in [0.2, 0.25) is 0 Å². The van der Waals surface area contributed by atoms with Crippen LogP contribution in [0, 0.1) is 11.8 Å². The molecule has 0 unspecified atom stereocenters. The van der Waals surface area contributed by atoms with Crippen molar-refractivity contribution in [2.75, 3.05) is 20.3 Å². The second kappa shape index (κ2) is 3.35. The van der Waals surface area contributed by atoms with Crippen LogP contribution in [-0.2, 0) is 9.47 Å². The van der Waals surface area contributed by atoms with Crippen molar-refractivity contribution in [1.82, 2.24) is 0 Å². The highest BCUT2D eigenvalue weighted by molar-refractivity contribution is 4.77. The van der Waals surface area contributed by atoms with E-state index in [4.69, 9.17) is 9.47 Å². The zero-order valence-corrected chi connectivity index (χ0v) is 6.96. The van der Waals surface area contributed by atoms with E-state index in [1.807, 2.05) is 0 Å². The Morgan fingerprint density at radius 3 is 2.50 bits per heavy atom. The Morgan fingerprint density at radius 2 is 2.10 bits per heavy atom. The van der Waals surface area contributed by atoms with Crippen LogP contribution < -0.4 is 0 Å². The smallest absolute Gasteiger partial charge is 0.0857 e. The van der Waals surface area contributed by atoms with Gasteiger partial charge in [-0.15, -0.1) is 0 Å². The van der Waals surface area contributed by atoms with Crippen LogP contribution in [0.1, 0.15) is 13.8 Å². The van der Waals surface area contributed by atoms with E-state index in [1.54, 1.807) is 7.11 Å². The van der Waals surface area contributed by atoms with Gasteiger partial charge >= 0.3 is 0 Å². The molecule has 1 fully saturated rings. The first-order chi connectivity index (χ1) is 4.75. The molecule has 2 atom stereocenters. The zero-order chi connectivity index (χ0) is 7.56. The maximum absolute atomic E-state index is 5.30. The first-order valence-corrected chi connectivity index (χ1v) is 3.86. The molecule has 60 valence electrons. The number of methoxy groups -OCH3 is 1. The fourth-order valence-electron chi connectivity index (χ4n) is 1.42. The summed E-state index contributed by atoms with van der Waals surface area (Å²) in [5.41, 5.74) is 0. The summed E-state index contributed by atoms with van der Waals surface area (Å²) < 4.78 is 10.6. The van der Waals surface area contributed by atoms with Crippen molar-refractivity contribution < 1.29 is 9.47 Å². The van der Waals surface area contributed by atoms with Crippen molar-refractivity contribution in [2.45, 2.75) is 20.0 Å². The Bertz CT molecular complexity index is 101. The van der Waals surface area contributed by atoms with E-state index >= 15 is 0 Å². The summed E-state index contributed by atoms with van der Waals surface area (Å²) in [6, 6.07) is 0. The minimum atomic E-state index is 0.333. The van der Waals surface area contributed by atoms with Gasteiger partial charge < -0.3 is 9.47 Å². The maximum Gasteiger partial charge on any atom is 0.0857 e. The number of hydrogen-bond donors (Lipinski definition) is 0. The van der Waals surface area contributed by atoms with Gasteiger partial charge in [-0.2, -0.15) is 0 Å². The van der Waals surface area contributed by atoms with Gasteiger partial charge in [-0.1, -0.05) is 13.8 Å². The summed E-state index contributed by atoms with van der Waals surface area (Å²) >= 11 is 0. The number of hydrogen-bond acceptors (Lipinski definition) is 2. The molecule has 0 aromatic rings. The fraction of sp³-hybridized carbons (Fsp3) is 1.00. The average Bonchev–Trinajstić information content (AvgIpc) is 2.33. The fourth-order valence-corrected chi connectivity index (χ4v) is 1.42. The van der Waals surface area contributed by atoms with Gasteiger partial charge in [-0.25, -0.2) is 0 Å². The van der Waals surface area contributed by atoms with E-state index in [2.05, 4.69) is 13.8 Å². The van der Waals surface area contributed by atoms with Crippen LogP contribution in [0.3, 0.4) is 0 Å². The lowest BCUT2D eigenvalue weighted by Gasteiger charge is -2.18. The molecule has 1 aliphatic rings. The molecule has 1 heterocycles. The molecule has 0 aromatic heterocycles. The van der Waals surface area contributed by atoms with Gasteiger partial charge in [-0.05, 0) is 5.92 Å². The Morgan fingerprint density at radius 1 is 1.40 bits per heavy atom. The van der Waals surface area contributed by atoms with Gasteiger partial charge in [0.25, 0.3) is 0 Å². The average molecular weight is 144 g/mol. The lowest BCUT2D eigenvalue weighted by molar-refractivity contribution is 0.0567. The van der Waals surface area contributed by atoms with Crippen LogP contribution in [0.5, 0.6) is 0 Å². The quantitative estimate of drug-likeness (QED) is 0.581. The molecule has 1 saturated heterocycles. The minimum Gasteiger partial charge on any atom is -0.379 e. The van der Waals surface area contributed by atoms with Gasteiger partial charge in [0, 0.05) is 13.0 Å². The predicted molar refractivity (Wildman–Crippen MR) is 39.9 cm³/mol. The second-order valence-corrected chi connectivity index (χ2v) is 3.22. The van der Waals surface area contributed by atoms with Crippen LogP contribution in [0.4, 0.5) is 0 Å². The SMILES string of the molecule is CO[C@H]1COC[C@@H]1C(C)C. The summed E-state index contributed by atoms with van der Waals surface area (Å²) in [5, 5.41) is 0. The third kappa shape index (κ3) is 1.50. The predicted octanol–water partition coefficient (Wildman–Crippen LogP) is 1.30. The Labute approximate surface area is 62.5 Å². The van der Waals surface area contributed by atoms with E-state index in [-0.39, 0.29) is 0 Å². The van der Waals surface area contributed by atoms with Crippen molar-refractivity contribution in [1.29, 1.82) is 0 Å². The van der Waals surface area contributed by atoms with E-state index in [9.17, 15) is 0 Å². The van der Waals surface area contributed by atoms with Gasteiger partial charge in [0.1, 0.15) is 0 Å². The van der Waals surface area contributed by atoms with E-state index in [0.717, 1.165) is 13.2 Å². The highest BCUT2D eigenvalue weighted by atomic mass is 16.5. The van der Waals surface area contributed by atoms with Crippen molar-refractivity contribution in [3.8, 4) is 0 Å². The lowest BCUT2D eigenvalue weighted by atomic mass is 9.93.